The van der Waals surface area contributed by atoms with Crippen molar-refractivity contribution in [1.82, 2.24) is 4.90 Å². The van der Waals surface area contributed by atoms with Gasteiger partial charge < -0.3 is 53.3 Å². The second-order valence-electron chi connectivity index (χ2n) is 4.66. The van der Waals surface area contributed by atoms with Gasteiger partial charge in [-0.3, -0.25) is 0 Å². The minimum Gasteiger partial charge on any atom is -0.412 e. The molecule has 2 aliphatic heterocycles. The third-order valence-corrected chi connectivity index (χ3v) is 3.46. The first-order chi connectivity index (χ1) is 9.38. The molecule has 0 aromatic heterocycles. The number of aliphatic hydroxyl groups is 1. The van der Waals surface area contributed by atoms with Crippen LogP contribution in [-0.4, -0.2) is 89.2 Å². The van der Waals surface area contributed by atoms with Crippen molar-refractivity contribution >= 4 is 0 Å². The smallest absolute Gasteiger partial charge is 0.291 e. The third kappa shape index (κ3) is 26.9. The fourth-order valence-electron chi connectivity index (χ4n) is 2.79. The summed E-state index contributed by atoms with van der Waals surface area (Å²) in [6, 6.07) is 0.720. The predicted molar refractivity (Wildman–Crippen MR) is 88.3 cm³/mol. The molecule has 0 bridgehead atoms. The summed E-state index contributed by atoms with van der Waals surface area (Å²) in [6.07, 6.45) is 6.61. The molecule has 2 aliphatic rings. The average Bonchev–Trinajstić information content (AvgIpc) is 2.36. The van der Waals surface area contributed by atoms with Crippen LogP contribution in [0.25, 0.3) is 0 Å². The van der Waals surface area contributed by atoms with Gasteiger partial charge in [-0.25, -0.2) is 0 Å². The molecule has 1 radical (unpaired) electrons. The van der Waals surface area contributed by atoms with Gasteiger partial charge in [0, 0.05) is 29.4 Å². The number of rotatable bonds is 1. The summed E-state index contributed by atoms with van der Waals surface area (Å²) in [7, 11) is 0. The number of nitrogens with zero attached hydrogens (tertiary/aromatic N) is 3. The molecule has 0 aliphatic carbocycles. The van der Waals surface area contributed by atoms with E-state index < -0.39 is 10.2 Å². The number of hydrogen-bond acceptors (Lipinski definition) is 6. The van der Waals surface area contributed by atoms with Crippen molar-refractivity contribution in [1.29, 1.82) is 0 Å². The van der Waals surface area contributed by atoms with E-state index >= 15 is 0 Å². The Hall–Kier alpha value is -1.41. The molecule has 2 unspecified atom stereocenters. The summed E-state index contributed by atoms with van der Waals surface area (Å²) in [4.78, 5) is 19.3. The summed E-state index contributed by atoms with van der Waals surface area (Å²) in [5.74, 6) is 0.582. The topological polar surface area (TPSA) is 339 Å². The molecule has 16 nitrogen and oxygen atoms in total. The largest absolute Gasteiger partial charge is 0.412 e. The van der Waals surface area contributed by atoms with Crippen molar-refractivity contribution in [2.75, 3.05) is 19.7 Å². The van der Waals surface area contributed by atoms with Crippen LogP contribution in [0, 0.1) is 26.1 Å². The van der Waals surface area contributed by atoms with E-state index in [4.69, 9.17) is 30.6 Å². The van der Waals surface area contributed by atoms with Crippen LogP contribution < -0.4 is 0 Å². The molecule has 2 heterocycles. The van der Waals surface area contributed by atoms with Gasteiger partial charge in [0.2, 0.25) is 0 Å². The Labute approximate surface area is 165 Å². The van der Waals surface area contributed by atoms with Crippen LogP contribution in [-0.2, 0) is 16.8 Å². The minimum atomic E-state index is -1.50. The van der Waals surface area contributed by atoms with Crippen molar-refractivity contribution in [2.45, 2.75) is 38.1 Å². The number of piperidine rings is 2. The van der Waals surface area contributed by atoms with E-state index in [9.17, 15) is 5.11 Å². The van der Waals surface area contributed by atoms with E-state index in [2.05, 4.69) is 4.90 Å². The minimum absolute atomic E-state index is 0. The standard InChI is InChI=1S/C10H19NO.Co.2HNO3.6H2O/c12-8-9-4-3-7-11-6-2-1-5-10(9)11;;2*2-1(3)4;;;;;;/h9-10,12H,1-8H2;;2*(H,2,3,4);6*1H2. The molecule has 175 valence electrons. The van der Waals surface area contributed by atoms with Gasteiger partial charge >= 0.3 is 0 Å². The molecule has 0 aromatic carbocycles. The molecular formula is C10H33CoN3O13. The van der Waals surface area contributed by atoms with Gasteiger partial charge in [0.25, 0.3) is 10.2 Å². The van der Waals surface area contributed by atoms with Gasteiger partial charge in [-0.1, -0.05) is 6.42 Å². The predicted octanol–water partition coefficient (Wildman–Crippen LogP) is -4.40. The Morgan fingerprint density at radius 1 is 0.815 bits per heavy atom. The van der Waals surface area contributed by atoms with Crippen LogP contribution in [0.2, 0.25) is 0 Å². The molecule has 27 heavy (non-hydrogen) atoms. The molecule has 2 saturated heterocycles. The van der Waals surface area contributed by atoms with Crippen molar-refractivity contribution in [3.63, 3.8) is 0 Å². The van der Waals surface area contributed by atoms with E-state index in [1.807, 2.05) is 0 Å². The van der Waals surface area contributed by atoms with E-state index in [0.717, 1.165) is 6.04 Å². The van der Waals surface area contributed by atoms with Crippen LogP contribution in [0.1, 0.15) is 32.1 Å². The normalized spacial score (nSPS) is 18.6. The van der Waals surface area contributed by atoms with E-state index in [0.29, 0.717) is 12.5 Å². The fraction of sp³-hybridized carbons (Fsp3) is 1.00. The molecule has 0 aromatic rings. The number of hydrogen-bond donors (Lipinski definition) is 3. The van der Waals surface area contributed by atoms with Gasteiger partial charge in [0.05, 0.1) is 0 Å². The van der Waals surface area contributed by atoms with Crippen LogP contribution in [0.4, 0.5) is 0 Å². The fourth-order valence-corrected chi connectivity index (χ4v) is 2.79. The zero-order chi connectivity index (χ0) is 15.5. The Kier molecular flexibility index (Phi) is 54.4. The molecule has 2 fully saturated rings. The van der Waals surface area contributed by atoms with Crippen LogP contribution in [0.15, 0.2) is 0 Å². The summed E-state index contributed by atoms with van der Waals surface area (Å²) in [5.41, 5.74) is 0. The van der Waals surface area contributed by atoms with Crippen molar-refractivity contribution in [3.8, 4) is 0 Å². The van der Waals surface area contributed by atoms with Crippen molar-refractivity contribution in [3.05, 3.63) is 20.2 Å². The zero-order valence-electron chi connectivity index (χ0n) is 14.5. The number of fused-ring (bicyclic) bond motifs is 1. The SMILES string of the molecule is O.O.O.O.O.O.O=[N+]([O-])O.O=[N+]([O-])O.OCC1CCCN2CCCCC12.[Co]. The first-order valence-corrected chi connectivity index (χ1v) is 6.40. The maximum Gasteiger partial charge on any atom is 0.291 e. The molecule has 2 atom stereocenters. The second-order valence-corrected chi connectivity index (χ2v) is 4.66. The van der Waals surface area contributed by atoms with Gasteiger partial charge in [0.15, 0.2) is 0 Å². The molecule has 0 saturated carbocycles. The Bertz CT molecular complexity index is 287. The summed E-state index contributed by atoms with van der Waals surface area (Å²) < 4.78 is 0. The van der Waals surface area contributed by atoms with Crippen molar-refractivity contribution < 1.29 is 75.3 Å². The van der Waals surface area contributed by atoms with E-state index in [1.54, 1.807) is 0 Å². The Morgan fingerprint density at radius 2 is 1.19 bits per heavy atom. The quantitative estimate of drug-likeness (QED) is 0.251. The van der Waals surface area contributed by atoms with Crippen molar-refractivity contribution in [2.24, 2.45) is 5.92 Å². The van der Waals surface area contributed by atoms with E-state index in [1.165, 1.54) is 45.2 Å². The van der Waals surface area contributed by atoms with Gasteiger partial charge in [0.1, 0.15) is 0 Å². The van der Waals surface area contributed by atoms with Crippen LogP contribution in [0.3, 0.4) is 0 Å². The average molecular weight is 462 g/mol. The van der Waals surface area contributed by atoms with Gasteiger partial charge in [-0.2, -0.15) is 0 Å². The first kappa shape index (κ1) is 50.0. The van der Waals surface area contributed by atoms with Crippen LogP contribution >= 0.6 is 0 Å². The van der Waals surface area contributed by atoms with Gasteiger partial charge in [-0.15, -0.1) is 20.2 Å². The number of aliphatic hydroxyl groups excluding tert-OH is 1. The maximum atomic E-state index is 9.20. The van der Waals surface area contributed by atoms with Crippen LogP contribution in [0.5, 0.6) is 0 Å². The van der Waals surface area contributed by atoms with E-state index in [-0.39, 0.29) is 49.6 Å². The zero-order valence-corrected chi connectivity index (χ0v) is 15.5. The third-order valence-electron chi connectivity index (χ3n) is 3.46. The molecule has 0 amide bonds. The molecular weight excluding hydrogens is 429 g/mol. The monoisotopic (exact) mass is 462 g/mol. The summed E-state index contributed by atoms with van der Waals surface area (Å²) >= 11 is 0. The molecule has 0 spiro atoms. The summed E-state index contributed by atoms with van der Waals surface area (Å²) in [6.45, 7) is 2.96. The molecule has 17 heteroatoms. The van der Waals surface area contributed by atoms with Gasteiger partial charge in [-0.05, 0) is 44.7 Å². The summed E-state index contributed by atoms with van der Waals surface area (Å²) in [5, 5.41) is 36.5. The maximum absolute atomic E-state index is 9.20. The Balaban J connectivity index is -0.0000000357. The molecule has 2 rings (SSSR count). The first-order valence-electron chi connectivity index (χ1n) is 6.40. The Morgan fingerprint density at radius 3 is 1.56 bits per heavy atom. The molecule has 15 N–H and O–H groups in total. The second kappa shape index (κ2) is 29.4.